The van der Waals surface area contributed by atoms with Crippen molar-refractivity contribution in [2.24, 2.45) is 0 Å². The normalized spacial score (nSPS) is 23.5. The number of rotatable bonds is 5. The Kier molecular flexibility index (Phi) is 5.99. The molecule has 2 unspecified atom stereocenters. The number of aromatic carboxylic acids is 1. The smallest absolute Gasteiger partial charge is 0.338 e. The predicted molar refractivity (Wildman–Crippen MR) is 92.5 cm³/mol. The fourth-order valence-electron chi connectivity index (χ4n) is 3.16. The average molecular weight is 380 g/mol. The molecule has 4 N–H and O–H groups in total. The molecule has 2 fully saturated rings. The minimum absolute atomic E-state index is 0.0492. The van der Waals surface area contributed by atoms with Gasteiger partial charge in [0.15, 0.2) is 0 Å². The first-order chi connectivity index (χ1) is 12.9. The Morgan fingerprint density at radius 3 is 2.78 bits per heavy atom. The summed E-state index contributed by atoms with van der Waals surface area (Å²) in [4.78, 5) is 37.3. The number of benzene rings is 1. The van der Waals surface area contributed by atoms with Crippen molar-refractivity contribution >= 4 is 23.5 Å². The van der Waals surface area contributed by atoms with Crippen molar-refractivity contribution in [1.29, 1.82) is 0 Å². The van der Waals surface area contributed by atoms with Crippen molar-refractivity contribution in [3.63, 3.8) is 0 Å². The standard InChI is InChI=1S/C17H21FN4O5/c18-12-2-1-10(7-11(12)17(25)26)19-15(23)8-13-20-14(9-16(24)21-13)22-3-5-27-6-4-22/h1-2,7,13-14,20H,3-6,8-9H2,(H,19,23)(H,21,24)(H,25,26). The Morgan fingerprint density at radius 2 is 2.07 bits per heavy atom. The first kappa shape index (κ1) is 19.2. The van der Waals surface area contributed by atoms with Crippen LogP contribution in [-0.2, 0) is 14.3 Å². The number of halogens is 1. The molecule has 2 aliphatic rings. The van der Waals surface area contributed by atoms with Gasteiger partial charge < -0.3 is 20.5 Å². The number of carboxylic acids is 1. The minimum atomic E-state index is -1.42. The number of carbonyl (C=O) groups excluding carboxylic acids is 2. The molecular formula is C17H21FN4O5. The Labute approximate surface area is 154 Å². The van der Waals surface area contributed by atoms with Gasteiger partial charge in [-0.25, -0.2) is 9.18 Å². The van der Waals surface area contributed by atoms with Gasteiger partial charge in [-0.1, -0.05) is 0 Å². The fraction of sp³-hybridized carbons (Fsp3) is 0.471. The van der Waals surface area contributed by atoms with Crippen LogP contribution in [0.1, 0.15) is 23.2 Å². The maximum atomic E-state index is 13.4. The Morgan fingerprint density at radius 1 is 1.33 bits per heavy atom. The molecule has 10 heteroatoms. The lowest BCUT2D eigenvalue weighted by Crippen LogP contribution is -2.63. The third-order valence-electron chi connectivity index (χ3n) is 4.46. The molecule has 2 saturated heterocycles. The second kappa shape index (κ2) is 8.42. The van der Waals surface area contributed by atoms with E-state index in [9.17, 15) is 18.8 Å². The molecule has 0 aromatic heterocycles. The van der Waals surface area contributed by atoms with Crippen LogP contribution in [0.2, 0.25) is 0 Å². The summed E-state index contributed by atoms with van der Waals surface area (Å²) in [6.07, 6.45) is -0.492. The van der Waals surface area contributed by atoms with E-state index in [4.69, 9.17) is 9.84 Å². The quantitative estimate of drug-likeness (QED) is 0.565. The Balaban J connectivity index is 1.59. The van der Waals surface area contributed by atoms with Gasteiger partial charge in [-0.05, 0) is 18.2 Å². The number of nitrogens with one attached hydrogen (secondary N) is 3. The Hall–Kier alpha value is -2.56. The summed E-state index contributed by atoms with van der Waals surface area (Å²) in [5, 5.41) is 17.4. The molecule has 27 heavy (non-hydrogen) atoms. The summed E-state index contributed by atoms with van der Waals surface area (Å²) >= 11 is 0. The number of ether oxygens (including phenoxy) is 1. The largest absolute Gasteiger partial charge is 0.478 e. The van der Waals surface area contributed by atoms with Gasteiger partial charge in [0.25, 0.3) is 0 Å². The molecule has 2 heterocycles. The number of nitrogens with zero attached hydrogens (tertiary/aromatic N) is 1. The van der Waals surface area contributed by atoms with Gasteiger partial charge in [0, 0.05) is 18.8 Å². The lowest BCUT2D eigenvalue weighted by molar-refractivity contribution is -0.128. The number of carboxylic acid groups (broad SMARTS) is 1. The number of carbonyl (C=O) groups is 3. The van der Waals surface area contributed by atoms with Gasteiger partial charge >= 0.3 is 5.97 Å². The molecule has 0 radical (unpaired) electrons. The lowest BCUT2D eigenvalue weighted by Gasteiger charge is -2.40. The second-order valence-electron chi connectivity index (χ2n) is 6.41. The van der Waals surface area contributed by atoms with Crippen molar-refractivity contribution in [2.75, 3.05) is 31.6 Å². The molecular weight excluding hydrogens is 359 g/mol. The number of morpholine rings is 1. The number of amides is 2. The molecule has 1 aromatic carbocycles. The van der Waals surface area contributed by atoms with Gasteiger partial charge in [-0.3, -0.25) is 19.8 Å². The van der Waals surface area contributed by atoms with Crippen molar-refractivity contribution < 1.29 is 28.6 Å². The van der Waals surface area contributed by atoms with E-state index in [-0.39, 0.29) is 30.6 Å². The van der Waals surface area contributed by atoms with Crippen LogP contribution in [0.15, 0.2) is 18.2 Å². The van der Waals surface area contributed by atoms with Gasteiger partial charge in [0.1, 0.15) is 5.82 Å². The zero-order chi connectivity index (χ0) is 19.4. The van der Waals surface area contributed by atoms with Crippen LogP contribution in [-0.4, -0.2) is 66.4 Å². The molecule has 9 nitrogen and oxygen atoms in total. The van der Waals surface area contributed by atoms with E-state index in [2.05, 4.69) is 20.9 Å². The third kappa shape index (κ3) is 5.00. The second-order valence-corrected chi connectivity index (χ2v) is 6.41. The van der Waals surface area contributed by atoms with E-state index in [1.54, 1.807) is 0 Å². The van der Waals surface area contributed by atoms with Crippen LogP contribution in [0.5, 0.6) is 0 Å². The minimum Gasteiger partial charge on any atom is -0.478 e. The molecule has 2 aliphatic heterocycles. The zero-order valence-corrected chi connectivity index (χ0v) is 14.5. The molecule has 2 amide bonds. The molecule has 146 valence electrons. The zero-order valence-electron chi connectivity index (χ0n) is 14.5. The SMILES string of the molecule is O=C(CC1NC(=O)CC(N2CCOCC2)N1)Nc1ccc(F)c(C(=O)O)c1. The van der Waals surface area contributed by atoms with Crippen LogP contribution < -0.4 is 16.0 Å². The third-order valence-corrected chi connectivity index (χ3v) is 4.46. The van der Waals surface area contributed by atoms with Gasteiger partial charge in [-0.15, -0.1) is 0 Å². The summed E-state index contributed by atoms with van der Waals surface area (Å²) < 4.78 is 18.7. The van der Waals surface area contributed by atoms with E-state index < -0.39 is 29.4 Å². The summed E-state index contributed by atoms with van der Waals surface area (Å²) in [7, 11) is 0. The van der Waals surface area contributed by atoms with Crippen LogP contribution in [0, 0.1) is 5.82 Å². The highest BCUT2D eigenvalue weighted by atomic mass is 19.1. The van der Waals surface area contributed by atoms with Crippen LogP contribution in [0.4, 0.5) is 10.1 Å². The highest BCUT2D eigenvalue weighted by Gasteiger charge is 2.31. The summed E-state index contributed by atoms with van der Waals surface area (Å²) in [6, 6.07) is 3.32. The predicted octanol–water partition coefficient (Wildman–Crippen LogP) is -0.0536. The first-order valence-corrected chi connectivity index (χ1v) is 8.62. The molecule has 0 aliphatic carbocycles. The number of anilines is 1. The van der Waals surface area contributed by atoms with Crippen molar-refractivity contribution in [3.05, 3.63) is 29.6 Å². The fourth-order valence-corrected chi connectivity index (χ4v) is 3.16. The van der Waals surface area contributed by atoms with Gasteiger partial charge in [0.2, 0.25) is 11.8 Å². The van der Waals surface area contributed by atoms with Crippen LogP contribution in [0.25, 0.3) is 0 Å². The summed E-state index contributed by atoms with van der Waals surface area (Å²) in [6.45, 7) is 2.61. The van der Waals surface area contributed by atoms with E-state index in [0.717, 1.165) is 12.1 Å². The Bertz CT molecular complexity index is 738. The van der Waals surface area contributed by atoms with Gasteiger partial charge in [-0.2, -0.15) is 0 Å². The van der Waals surface area contributed by atoms with E-state index in [0.29, 0.717) is 26.3 Å². The van der Waals surface area contributed by atoms with E-state index in [1.165, 1.54) is 6.07 Å². The highest BCUT2D eigenvalue weighted by molar-refractivity contribution is 5.94. The van der Waals surface area contributed by atoms with Crippen molar-refractivity contribution in [1.82, 2.24) is 15.5 Å². The average Bonchev–Trinajstić information content (AvgIpc) is 2.63. The molecule has 0 bridgehead atoms. The molecule has 3 rings (SSSR count). The maximum absolute atomic E-state index is 13.4. The van der Waals surface area contributed by atoms with Crippen molar-refractivity contribution in [2.45, 2.75) is 25.2 Å². The van der Waals surface area contributed by atoms with E-state index in [1.807, 2.05) is 0 Å². The summed E-state index contributed by atoms with van der Waals surface area (Å²) in [5.74, 6) is -2.88. The molecule has 0 saturated carbocycles. The number of hydrogen-bond acceptors (Lipinski definition) is 6. The van der Waals surface area contributed by atoms with Crippen LogP contribution >= 0.6 is 0 Å². The maximum Gasteiger partial charge on any atom is 0.338 e. The lowest BCUT2D eigenvalue weighted by atomic mass is 10.1. The molecule has 0 spiro atoms. The molecule has 2 atom stereocenters. The highest BCUT2D eigenvalue weighted by Crippen LogP contribution is 2.16. The summed E-state index contributed by atoms with van der Waals surface area (Å²) in [5.41, 5.74) is -0.352. The topological polar surface area (TPSA) is 120 Å². The van der Waals surface area contributed by atoms with E-state index >= 15 is 0 Å². The number of hydrogen-bond donors (Lipinski definition) is 4. The monoisotopic (exact) mass is 380 g/mol. The van der Waals surface area contributed by atoms with Crippen LogP contribution in [0.3, 0.4) is 0 Å². The van der Waals surface area contributed by atoms with Gasteiger partial charge in [0.05, 0.1) is 44.0 Å². The molecule has 1 aromatic rings. The van der Waals surface area contributed by atoms with Crippen molar-refractivity contribution in [3.8, 4) is 0 Å². The first-order valence-electron chi connectivity index (χ1n) is 8.62.